The Morgan fingerprint density at radius 2 is 2.10 bits per heavy atom. The lowest BCUT2D eigenvalue weighted by Gasteiger charge is -2.26. The number of imidazole rings is 1. The summed E-state index contributed by atoms with van der Waals surface area (Å²) in [6.45, 7) is 1.64. The topological polar surface area (TPSA) is 58.4 Å². The van der Waals surface area contributed by atoms with Gasteiger partial charge in [0.25, 0.3) is 0 Å². The molecule has 1 N–H and O–H groups in total. The number of benzene rings is 1. The van der Waals surface area contributed by atoms with E-state index in [0.717, 1.165) is 25.1 Å². The number of hydrogen-bond donors (Lipinski definition) is 1. The summed E-state index contributed by atoms with van der Waals surface area (Å²) in [4.78, 5) is 17.6. The van der Waals surface area contributed by atoms with Crippen molar-refractivity contribution in [1.82, 2.24) is 14.5 Å². The summed E-state index contributed by atoms with van der Waals surface area (Å²) in [5, 5.41) is 8.93. The summed E-state index contributed by atoms with van der Waals surface area (Å²) in [7, 11) is 0. The second-order valence-electron chi connectivity index (χ2n) is 5.29. The largest absolute Gasteiger partial charge is 0.387 e. The smallest absolute Gasteiger partial charge is 0.248 e. The zero-order valence-corrected chi connectivity index (χ0v) is 11.9. The van der Waals surface area contributed by atoms with E-state index in [2.05, 4.69) is 33.8 Å². The number of aryl methyl sites for hydroxylation is 2. The summed E-state index contributed by atoms with van der Waals surface area (Å²) in [5.41, 5.74) is 3.48. The van der Waals surface area contributed by atoms with Gasteiger partial charge >= 0.3 is 0 Å². The second kappa shape index (κ2) is 6.10. The molecule has 0 fully saturated rings. The highest BCUT2D eigenvalue weighted by atomic mass is 16.3. The number of aliphatic hydroxyl groups excluding tert-OH is 1. The van der Waals surface area contributed by atoms with E-state index in [-0.39, 0.29) is 5.91 Å². The Labute approximate surface area is 123 Å². The minimum absolute atomic E-state index is 0.223. The highest BCUT2D eigenvalue weighted by Crippen LogP contribution is 2.18. The second-order valence-corrected chi connectivity index (χ2v) is 5.29. The van der Waals surface area contributed by atoms with Crippen molar-refractivity contribution >= 4 is 5.91 Å². The Hall–Kier alpha value is -2.14. The van der Waals surface area contributed by atoms with E-state index in [0.29, 0.717) is 13.1 Å². The first kappa shape index (κ1) is 13.8. The van der Waals surface area contributed by atoms with Gasteiger partial charge in [-0.15, -0.1) is 0 Å². The maximum atomic E-state index is 11.5. The van der Waals surface area contributed by atoms with Crippen molar-refractivity contribution in [3.05, 3.63) is 53.6 Å². The molecule has 0 spiro atoms. The van der Waals surface area contributed by atoms with Crippen LogP contribution in [0.3, 0.4) is 0 Å². The predicted molar refractivity (Wildman–Crippen MR) is 78.6 cm³/mol. The quantitative estimate of drug-likeness (QED) is 0.912. The van der Waals surface area contributed by atoms with Crippen LogP contribution in [0, 0.1) is 0 Å². The predicted octanol–water partition coefficient (Wildman–Crippen LogP) is 1.00. The number of hydrogen-bond acceptors (Lipinski definition) is 3. The van der Waals surface area contributed by atoms with Gasteiger partial charge in [-0.05, 0) is 12.0 Å². The molecule has 0 radical (unpaired) electrons. The highest BCUT2D eigenvalue weighted by Gasteiger charge is 2.23. The van der Waals surface area contributed by atoms with Gasteiger partial charge in [-0.3, -0.25) is 4.79 Å². The Bertz CT molecular complexity index is 622. The highest BCUT2D eigenvalue weighted by molar-refractivity contribution is 5.77. The molecule has 0 unspecified atom stereocenters. The molecule has 0 aliphatic carbocycles. The van der Waals surface area contributed by atoms with Crippen molar-refractivity contribution in [2.24, 2.45) is 0 Å². The van der Waals surface area contributed by atoms with E-state index in [4.69, 9.17) is 5.11 Å². The third-order valence-electron chi connectivity index (χ3n) is 3.96. The fourth-order valence-corrected chi connectivity index (χ4v) is 2.77. The molecule has 5 heteroatoms. The van der Waals surface area contributed by atoms with Gasteiger partial charge in [-0.2, -0.15) is 0 Å². The number of nitrogens with zero attached hydrogens (tertiary/aromatic N) is 3. The van der Waals surface area contributed by atoms with Gasteiger partial charge in [0.2, 0.25) is 5.91 Å². The fraction of sp³-hybridized carbons (Fsp3) is 0.375. The molecule has 1 aliphatic heterocycles. The average molecular weight is 285 g/mol. The van der Waals surface area contributed by atoms with Crippen LogP contribution in [0.4, 0.5) is 0 Å². The van der Waals surface area contributed by atoms with Crippen LogP contribution in [-0.4, -0.2) is 38.6 Å². The molecular formula is C16H19N3O2. The van der Waals surface area contributed by atoms with Crippen molar-refractivity contribution in [2.75, 3.05) is 13.2 Å². The molecular weight excluding hydrogens is 266 g/mol. The molecule has 0 saturated carbocycles. The van der Waals surface area contributed by atoms with Crippen LogP contribution in [-0.2, 0) is 30.7 Å². The Morgan fingerprint density at radius 3 is 2.86 bits per heavy atom. The first-order chi connectivity index (χ1) is 10.3. The van der Waals surface area contributed by atoms with Gasteiger partial charge in [0.1, 0.15) is 6.61 Å². The number of carbonyl (C=O) groups is 1. The SMILES string of the molecule is O=C(CO)N1CCc2c(ncn2CCc2ccccc2)C1. The van der Waals surface area contributed by atoms with Crippen molar-refractivity contribution < 1.29 is 9.90 Å². The maximum absolute atomic E-state index is 11.5. The van der Waals surface area contributed by atoms with Gasteiger partial charge < -0.3 is 14.6 Å². The van der Waals surface area contributed by atoms with Crippen LogP contribution in [0.2, 0.25) is 0 Å². The van der Waals surface area contributed by atoms with E-state index in [1.54, 1.807) is 4.90 Å². The van der Waals surface area contributed by atoms with E-state index >= 15 is 0 Å². The van der Waals surface area contributed by atoms with Gasteiger partial charge in [0.05, 0.1) is 18.6 Å². The lowest BCUT2D eigenvalue weighted by Crippen LogP contribution is -2.38. The summed E-state index contributed by atoms with van der Waals surface area (Å²) >= 11 is 0. The third kappa shape index (κ3) is 2.97. The summed E-state index contributed by atoms with van der Waals surface area (Å²) in [6, 6.07) is 10.4. The number of aliphatic hydroxyl groups is 1. The Kier molecular flexibility index (Phi) is 4.01. The zero-order valence-electron chi connectivity index (χ0n) is 11.9. The number of rotatable bonds is 4. The third-order valence-corrected chi connectivity index (χ3v) is 3.96. The Balaban J connectivity index is 1.67. The van der Waals surface area contributed by atoms with Gasteiger partial charge in [0, 0.05) is 25.2 Å². The van der Waals surface area contributed by atoms with Crippen LogP contribution in [0.15, 0.2) is 36.7 Å². The maximum Gasteiger partial charge on any atom is 0.248 e. The molecule has 0 atom stereocenters. The Morgan fingerprint density at radius 1 is 1.29 bits per heavy atom. The number of carbonyl (C=O) groups excluding carboxylic acids is 1. The van der Waals surface area contributed by atoms with Crippen LogP contribution < -0.4 is 0 Å². The minimum Gasteiger partial charge on any atom is -0.387 e. The number of fused-ring (bicyclic) bond motifs is 1. The van der Waals surface area contributed by atoms with E-state index in [9.17, 15) is 4.79 Å². The molecule has 1 amide bonds. The first-order valence-electron chi connectivity index (χ1n) is 7.23. The van der Waals surface area contributed by atoms with Crippen LogP contribution >= 0.6 is 0 Å². The minimum atomic E-state index is -0.427. The molecule has 2 aromatic rings. The van der Waals surface area contributed by atoms with Crippen molar-refractivity contribution in [1.29, 1.82) is 0 Å². The van der Waals surface area contributed by atoms with Crippen LogP contribution in [0.1, 0.15) is 17.0 Å². The van der Waals surface area contributed by atoms with Crippen molar-refractivity contribution in [3.63, 3.8) is 0 Å². The standard InChI is InChI=1S/C16H19N3O2/c20-11-16(21)18-9-7-15-14(10-18)17-12-19(15)8-6-13-4-2-1-3-5-13/h1-5,12,20H,6-11H2. The van der Waals surface area contributed by atoms with Crippen LogP contribution in [0.5, 0.6) is 0 Å². The molecule has 5 nitrogen and oxygen atoms in total. The molecule has 1 aromatic heterocycles. The normalized spacial score (nSPS) is 14.0. The molecule has 21 heavy (non-hydrogen) atoms. The number of amides is 1. The van der Waals surface area contributed by atoms with Crippen molar-refractivity contribution in [3.8, 4) is 0 Å². The molecule has 0 saturated heterocycles. The average Bonchev–Trinajstić information content (AvgIpc) is 2.95. The van der Waals surface area contributed by atoms with Gasteiger partial charge in [-0.1, -0.05) is 30.3 Å². The molecule has 0 bridgehead atoms. The summed E-state index contributed by atoms with van der Waals surface area (Å²) in [6.07, 6.45) is 3.64. The molecule has 2 heterocycles. The molecule has 110 valence electrons. The summed E-state index contributed by atoms with van der Waals surface area (Å²) in [5.74, 6) is -0.223. The summed E-state index contributed by atoms with van der Waals surface area (Å²) < 4.78 is 2.18. The van der Waals surface area contributed by atoms with E-state index in [1.165, 1.54) is 11.3 Å². The van der Waals surface area contributed by atoms with E-state index in [1.807, 2.05) is 12.4 Å². The molecule has 1 aromatic carbocycles. The lowest BCUT2D eigenvalue weighted by molar-refractivity contribution is -0.135. The molecule has 1 aliphatic rings. The van der Waals surface area contributed by atoms with Gasteiger partial charge in [0.15, 0.2) is 0 Å². The lowest BCUT2D eigenvalue weighted by atomic mass is 10.1. The van der Waals surface area contributed by atoms with Gasteiger partial charge in [-0.25, -0.2) is 4.98 Å². The van der Waals surface area contributed by atoms with Crippen molar-refractivity contribution in [2.45, 2.75) is 25.9 Å². The molecule has 3 rings (SSSR count). The van der Waals surface area contributed by atoms with Crippen LogP contribution in [0.25, 0.3) is 0 Å². The number of aromatic nitrogens is 2. The first-order valence-corrected chi connectivity index (χ1v) is 7.23. The fourth-order valence-electron chi connectivity index (χ4n) is 2.77. The van der Waals surface area contributed by atoms with E-state index < -0.39 is 6.61 Å². The monoisotopic (exact) mass is 285 g/mol. The zero-order chi connectivity index (χ0) is 14.7.